The van der Waals surface area contributed by atoms with Gasteiger partial charge in [0.2, 0.25) is 0 Å². The monoisotopic (exact) mass is 309 g/mol. The standard InChI is InChI=1S/C13H20NO2.BF4/c1-4-14(5-2,6-3)13(15)16-12-10-8-7-9-11-12;2-1(3,4)5/h7-11H,4-6H2,1-3H3;/q+1;-1. The smallest absolute Gasteiger partial charge is 0.418 e. The predicted molar refractivity (Wildman–Crippen MR) is 74.5 cm³/mol. The van der Waals surface area contributed by atoms with E-state index in [9.17, 15) is 22.1 Å². The molecule has 0 heterocycles. The molecule has 0 aliphatic heterocycles. The normalized spacial score (nSPS) is 11.4. The van der Waals surface area contributed by atoms with Crippen molar-refractivity contribution in [1.82, 2.24) is 0 Å². The van der Waals surface area contributed by atoms with Crippen LogP contribution in [0.15, 0.2) is 30.3 Å². The minimum absolute atomic E-state index is 0.168. The molecule has 1 rings (SSSR count). The lowest BCUT2D eigenvalue weighted by atomic mass is 10.3. The maximum Gasteiger partial charge on any atom is 0.673 e. The molecular weight excluding hydrogens is 289 g/mol. The SMILES string of the molecule is CC[N+](CC)(CC)C(=O)Oc1ccccc1.F[B-](F)(F)F. The topological polar surface area (TPSA) is 26.3 Å². The van der Waals surface area contributed by atoms with Crippen molar-refractivity contribution in [2.45, 2.75) is 20.8 Å². The fourth-order valence-corrected chi connectivity index (χ4v) is 1.74. The molecule has 0 radical (unpaired) electrons. The molecule has 0 saturated heterocycles. The Labute approximate surface area is 122 Å². The number of nitrogens with zero attached hydrogens (tertiary/aromatic N) is 1. The van der Waals surface area contributed by atoms with Gasteiger partial charge in [0, 0.05) is 0 Å². The second kappa shape index (κ2) is 8.66. The molecule has 3 nitrogen and oxygen atoms in total. The van der Waals surface area contributed by atoms with Crippen molar-refractivity contribution < 1.29 is 31.3 Å². The van der Waals surface area contributed by atoms with Crippen molar-refractivity contribution in [3.05, 3.63) is 30.3 Å². The third kappa shape index (κ3) is 7.70. The molecule has 0 aromatic heterocycles. The molecule has 0 aliphatic rings. The second-order valence-electron chi connectivity index (χ2n) is 4.27. The largest absolute Gasteiger partial charge is 0.673 e. The van der Waals surface area contributed by atoms with Gasteiger partial charge in [-0.05, 0) is 32.9 Å². The fraction of sp³-hybridized carbons (Fsp3) is 0.462. The third-order valence-electron chi connectivity index (χ3n) is 3.15. The highest BCUT2D eigenvalue weighted by Crippen LogP contribution is 2.15. The molecule has 8 heteroatoms. The van der Waals surface area contributed by atoms with Gasteiger partial charge in [-0.1, -0.05) is 18.2 Å². The Morgan fingerprint density at radius 1 is 1.00 bits per heavy atom. The number of quaternary nitrogens is 1. The van der Waals surface area contributed by atoms with Crippen LogP contribution in [-0.4, -0.2) is 37.5 Å². The predicted octanol–water partition coefficient (Wildman–Crippen LogP) is 4.36. The summed E-state index contributed by atoms with van der Waals surface area (Å²) in [4.78, 5) is 12.1. The van der Waals surface area contributed by atoms with Gasteiger partial charge in [0.1, 0.15) is 5.75 Å². The molecule has 0 aliphatic carbocycles. The molecule has 0 spiro atoms. The Morgan fingerprint density at radius 3 is 1.71 bits per heavy atom. The first-order valence-electron chi connectivity index (χ1n) is 6.69. The highest BCUT2D eigenvalue weighted by atomic mass is 19.5. The van der Waals surface area contributed by atoms with Crippen molar-refractivity contribution >= 4 is 13.3 Å². The van der Waals surface area contributed by atoms with Crippen molar-refractivity contribution in [1.29, 1.82) is 0 Å². The van der Waals surface area contributed by atoms with Crippen LogP contribution in [0.5, 0.6) is 5.75 Å². The van der Waals surface area contributed by atoms with Crippen LogP contribution in [0.3, 0.4) is 0 Å². The Balaban J connectivity index is 0.000000690. The van der Waals surface area contributed by atoms with E-state index in [0.717, 1.165) is 19.6 Å². The van der Waals surface area contributed by atoms with Crippen molar-refractivity contribution in [3.8, 4) is 5.75 Å². The van der Waals surface area contributed by atoms with E-state index in [1.54, 1.807) is 12.1 Å². The Morgan fingerprint density at radius 2 is 1.38 bits per heavy atom. The number of carbonyl (C=O) groups is 1. The summed E-state index contributed by atoms with van der Waals surface area (Å²) >= 11 is 0. The van der Waals surface area contributed by atoms with E-state index < -0.39 is 7.25 Å². The zero-order valence-corrected chi connectivity index (χ0v) is 12.4. The summed E-state index contributed by atoms with van der Waals surface area (Å²) in [7, 11) is -6.00. The number of carbonyl (C=O) groups excluding carboxylic acids is 1. The molecule has 0 atom stereocenters. The molecule has 0 unspecified atom stereocenters. The highest BCUT2D eigenvalue weighted by molar-refractivity contribution is 6.50. The molecule has 0 fully saturated rings. The molecule has 0 saturated carbocycles. The zero-order chi connectivity index (χ0) is 16.5. The maximum atomic E-state index is 12.1. The van der Waals surface area contributed by atoms with E-state index >= 15 is 0 Å². The van der Waals surface area contributed by atoms with Gasteiger partial charge in [0.15, 0.2) is 0 Å². The van der Waals surface area contributed by atoms with Gasteiger partial charge in [0.25, 0.3) is 0 Å². The van der Waals surface area contributed by atoms with Crippen LogP contribution in [0.1, 0.15) is 20.8 Å². The molecule has 0 N–H and O–H groups in total. The molecule has 0 bridgehead atoms. The van der Waals surface area contributed by atoms with Crippen molar-refractivity contribution in [2.24, 2.45) is 0 Å². The first-order valence-corrected chi connectivity index (χ1v) is 6.69. The molecule has 120 valence electrons. The Hall–Kier alpha value is -1.57. The van der Waals surface area contributed by atoms with Gasteiger partial charge in [-0.3, -0.25) is 0 Å². The minimum atomic E-state index is -6.00. The van der Waals surface area contributed by atoms with Crippen LogP contribution in [-0.2, 0) is 0 Å². The minimum Gasteiger partial charge on any atom is -0.418 e. The summed E-state index contributed by atoms with van der Waals surface area (Å²) in [6.07, 6.45) is -0.168. The number of amides is 1. The lowest BCUT2D eigenvalue weighted by Gasteiger charge is -2.30. The van der Waals surface area contributed by atoms with Crippen LogP contribution in [0.4, 0.5) is 22.1 Å². The van der Waals surface area contributed by atoms with Gasteiger partial charge >= 0.3 is 13.3 Å². The van der Waals surface area contributed by atoms with Crippen LogP contribution < -0.4 is 4.74 Å². The van der Waals surface area contributed by atoms with E-state index in [4.69, 9.17) is 4.74 Å². The van der Waals surface area contributed by atoms with Crippen molar-refractivity contribution in [2.75, 3.05) is 19.6 Å². The quantitative estimate of drug-likeness (QED) is 0.469. The summed E-state index contributed by atoms with van der Waals surface area (Å²) in [5.41, 5.74) is 0. The van der Waals surface area contributed by atoms with Crippen LogP contribution in [0.25, 0.3) is 0 Å². The van der Waals surface area contributed by atoms with Gasteiger partial charge in [0.05, 0.1) is 19.6 Å². The Kier molecular flexibility index (Phi) is 8.02. The summed E-state index contributed by atoms with van der Waals surface area (Å²) in [6.45, 7) is 8.33. The number of ether oxygens (including phenoxy) is 1. The number of benzene rings is 1. The van der Waals surface area contributed by atoms with Gasteiger partial charge in [-0.2, -0.15) is 4.79 Å². The third-order valence-corrected chi connectivity index (χ3v) is 3.15. The number of halogens is 4. The van der Waals surface area contributed by atoms with E-state index in [-0.39, 0.29) is 6.09 Å². The van der Waals surface area contributed by atoms with Crippen LogP contribution >= 0.6 is 0 Å². The summed E-state index contributed by atoms with van der Waals surface area (Å²) in [5, 5.41) is 0. The zero-order valence-electron chi connectivity index (χ0n) is 12.4. The molecule has 1 aromatic rings. The van der Waals surface area contributed by atoms with E-state index in [2.05, 4.69) is 0 Å². The molecular formula is C13H20BF4NO2. The highest BCUT2D eigenvalue weighted by Gasteiger charge is 2.33. The fourth-order valence-electron chi connectivity index (χ4n) is 1.74. The molecule has 1 aromatic carbocycles. The molecule has 21 heavy (non-hydrogen) atoms. The van der Waals surface area contributed by atoms with Gasteiger partial charge in [-0.25, -0.2) is 4.48 Å². The number of para-hydroxylation sites is 1. The van der Waals surface area contributed by atoms with E-state index in [0.29, 0.717) is 10.2 Å². The first kappa shape index (κ1) is 19.4. The summed E-state index contributed by atoms with van der Waals surface area (Å²) < 4.78 is 44.8. The summed E-state index contributed by atoms with van der Waals surface area (Å²) in [6, 6.07) is 9.22. The van der Waals surface area contributed by atoms with E-state index in [1.165, 1.54) is 0 Å². The first-order chi connectivity index (χ1) is 9.68. The van der Waals surface area contributed by atoms with Gasteiger partial charge < -0.3 is 22.0 Å². The lowest BCUT2D eigenvalue weighted by Crippen LogP contribution is -2.53. The average Bonchev–Trinajstić information content (AvgIpc) is 2.40. The molecule has 1 amide bonds. The van der Waals surface area contributed by atoms with E-state index in [1.807, 2.05) is 39.0 Å². The van der Waals surface area contributed by atoms with Crippen LogP contribution in [0.2, 0.25) is 0 Å². The van der Waals surface area contributed by atoms with Gasteiger partial charge in [-0.15, -0.1) is 0 Å². The number of rotatable bonds is 4. The maximum absolute atomic E-state index is 12.1. The van der Waals surface area contributed by atoms with Crippen LogP contribution in [0, 0.1) is 0 Å². The lowest BCUT2D eigenvalue weighted by molar-refractivity contribution is -0.850. The number of hydrogen-bond donors (Lipinski definition) is 0. The summed E-state index contributed by atoms with van der Waals surface area (Å²) in [5.74, 6) is 0.616. The Bertz CT molecular complexity index is 408. The second-order valence-corrected chi connectivity index (χ2v) is 4.27. The van der Waals surface area contributed by atoms with Crippen molar-refractivity contribution in [3.63, 3.8) is 0 Å². The number of hydrogen-bond acceptors (Lipinski definition) is 2. The average molecular weight is 309 g/mol.